The van der Waals surface area contributed by atoms with Crippen molar-refractivity contribution in [3.05, 3.63) is 53.7 Å². The van der Waals surface area contributed by atoms with Gasteiger partial charge in [-0.25, -0.2) is 4.98 Å². The van der Waals surface area contributed by atoms with E-state index in [-0.39, 0.29) is 5.91 Å². The number of para-hydroxylation sites is 1. The van der Waals surface area contributed by atoms with Gasteiger partial charge in [-0.05, 0) is 31.2 Å². The minimum Gasteiger partial charge on any atom is -0.296 e. The molecule has 6 heteroatoms. The first-order chi connectivity index (χ1) is 10.7. The Kier molecular flexibility index (Phi) is 2.90. The minimum atomic E-state index is -0.254. The largest absolute Gasteiger partial charge is 0.296 e. The maximum absolute atomic E-state index is 12.5. The SMILES string of the molecule is Cc1ccc2[nH]nc(C(=O)Nc3nc4ccccc4s3)c2c1. The lowest BCUT2D eigenvalue weighted by Gasteiger charge is -1.99. The molecule has 4 aromatic rings. The summed E-state index contributed by atoms with van der Waals surface area (Å²) in [5, 5.41) is 11.2. The second-order valence-corrected chi connectivity index (χ2v) is 6.09. The third kappa shape index (κ3) is 2.14. The summed E-state index contributed by atoms with van der Waals surface area (Å²) in [6.45, 7) is 1.99. The van der Waals surface area contributed by atoms with Gasteiger partial charge in [0, 0.05) is 5.39 Å². The zero-order valence-corrected chi connectivity index (χ0v) is 12.6. The molecule has 4 rings (SSSR count). The minimum absolute atomic E-state index is 0.254. The van der Waals surface area contributed by atoms with Gasteiger partial charge >= 0.3 is 0 Å². The van der Waals surface area contributed by atoms with Crippen LogP contribution in [0, 0.1) is 6.92 Å². The molecular weight excluding hydrogens is 296 g/mol. The van der Waals surface area contributed by atoms with E-state index in [1.54, 1.807) is 0 Å². The number of nitrogens with zero attached hydrogens (tertiary/aromatic N) is 2. The van der Waals surface area contributed by atoms with E-state index < -0.39 is 0 Å². The number of rotatable bonds is 2. The highest BCUT2D eigenvalue weighted by Crippen LogP contribution is 2.26. The van der Waals surface area contributed by atoms with Crippen molar-refractivity contribution in [2.45, 2.75) is 6.92 Å². The number of aryl methyl sites for hydroxylation is 1. The monoisotopic (exact) mass is 308 g/mol. The summed E-state index contributed by atoms with van der Waals surface area (Å²) in [7, 11) is 0. The predicted octanol–water partition coefficient (Wildman–Crippen LogP) is 3.73. The topological polar surface area (TPSA) is 70.7 Å². The summed E-state index contributed by atoms with van der Waals surface area (Å²) in [6.07, 6.45) is 0. The normalized spacial score (nSPS) is 11.1. The number of hydrogen-bond acceptors (Lipinski definition) is 4. The number of nitrogens with one attached hydrogen (secondary N) is 2. The molecule has 22 heavy (non-hydrogen) atoms. The van der Waals surface area contributed by atoms with Crippen molar-refractivity contribution < 1.29 is 4.79 Å². The van der Waals surface area contributed by atoms with Crippen molar-refractivity contribution >= 4 is 43.5 Å². The molecule has 2 N–H and O–H groups in total. The first kappa shape index (κ1) is 13.0. The number of hydrogen-bond donors (Lipinski definition) is 2. The molecule has 108 valence electrons. The standard InChI is InChI=1S/C16H12N4OS/c1-9-6-7-11-10(8-9)14(20-19-11)15(21)18-16-17-12-4-2-3-5-13(12)22-16/h2-8H,1H3,(H,19,20)(H,17,18,21). The summed E-state index contributed by atoms with van der Waals surface area (Å²) in [5.41, 5.74) is 3.20. The van der Waals surface area contributed by atoms with Crippen LogP contribution in [-0.2, 0) is 0 Å². The lowest BCUT2D eigenvalue weighted by Crippen LogP contribution is -2.12. The Morgan fingerprint density at radius 2 is 2.09 bits per heavy atom. The summed E-state index contributed by atoms with van der Waals surface area (Å²) in [5.74, 6) is -0.254. The van der Waals surface area contributed by atoms with Gasteiger partial charge in [0.25, 0.3) is 5.91 Å². The summed E-state index contributed by atoms with van der Waals surface area (Å²) < 4.78 is 1.04. The Hall–Kier alpha value is -2.73. The molecule has 0 atom stereocenters. The van der Waals surface area contributed by atoms with Crippen molar-refractivity contribution in [2.75, 3.05) is 5.32 Å². The second-order valence-electron chi connectivity index (χ2n) is 5.06. The Morgan fingerprint density at radius 1 is 1.23 bits per heavy atom. The van der Waals surface area contributed by atoms with E-state index in [9.17, 15) is 4.79 Å². The number of amides is 1. The van der Waals surface area contributed by atoms with Gasteiger partial charge < -0.3 is 0 Å². The van der Waals surface area contributed by atoms with Gasteiger partial charge in [0.2, 0.25) is 0 Å². The van der Waals surface area contributed by atoms with Crippen molar-refractivity contribution in [3.8, 4) is 0 Å². The third-order valence-electron chi connectivity index (χ3n) is 3.45. The van der Waals surface area contributed by atoms with Gasteiger partial charge in [-0.2, -0.15) is 5.10 Å². The van der Waals surface area contributed by atoms with Crippen LogP contribution in [0.4, 0.5) is 5.13 Å². The van der Waals surface area contributed by atoms with E-state index >= 15 is 0 Å². The first-order valence-corrected chi connectivity index (χ1v) is 7.64. The summed E-state index contributed by atoms with van der Waals surface area (Å²) in [6, 6.07) is 13.6. The molecule has 0 aliphatic heterocycles. The fourth-order valence-corrected chi connectivity index (χ4v) is 3.24. The average molecular weight is 308 g/mol. The van der Waals surface area contributed by atoms with E-state index in [2.05, 4.69) is 20.5 Å². The number of aromatic amines is 1. The van der Waals surface area contributed by atoms with Gasteiger partial charge in [0.05, 0.1) is 15.7 Å². The van der Waals surface area contributed by atoms with Gasteiger partial charge in [-0.1, -0.05) is 35.1 Å². The highest BCUT2D eigenvalue weighted by molar-refractivity contribution is 7.22. The molecular formula is C16H12N4OS. The van der Waals surface area contributed by atoms with Crippen LogP contribution in [-0.4, -0.2) is 21.1 Å². The Bertz CT molecular complexity index is 969. The number of anilines is 1. The van der Waals surface area contributed by atoms with Crippen LogP contribution < -0.4 is 5.32 Å². The Labute approximate surface area is 130 Å². The molecule has 2 aromatic heterocycles. The highest BCUT2D eigenvalue weighted by Gasteiger charge is 2.16. The van der Waals surface area contributed by atoms with E-state index in [1.165, 1.54) is 11.3 Å². The molecule has 1 amide bonds. The van der Waals surface area contributed by atoms with Crippen molar-refractivity contribution in [1.29, 1.82) is 0 Å². The molecule has 0 unspecified atom stereocenters. The number of carbonyl (C=O) groups is 1. The molecule has 0 spiro atoms. The average Bonchev–Trinajstić information content (AvgIpc) is 3.09. The summed E-state index contributed by atoms with van der Waals surface area (Å²) in [4.78, 5) is 16.9. The fraction of sp³-hybridized carbons (Fsp3) is 0.0625. The van der Waals surface area contributed by atoms with Crippen molar-refractivity contribution in [1.82, 2.24) is 15.2 Å². The van der Waals surface area contributed by atoms with E-state index in [0.717, 1.165) is 26.7 Å². The zero-order chi connectivity index (χ0) is 15.1. The quantitative estimate of drug-likeness (QED) is 0.592. The lowest BCUT2D eigenvalue weighted by atomic mass is 10.1. The molecule has 0 saturated carbocycles. The number of fused-ring (bicyclic) bond motifs is 2. The van der Waals surface area contributed by atoms with E-state index in [4.69, 9.17) is 0 Å². The molecule has 2 heterocycles. The Balaban J connectivity index is 1.69. The van der Waals surface area contributed by atoms with Crippen LogP contribution in [0.25, 0.3) is 21.1 Å². The maximum atomic E-state index is 12.5. The molecule has 5 nitrogen and oxygen atoms in total. The molecule has 0 saturated heterocycles. The van der Waals surface area contributed by atoms with Crippen LogP contribution in [0.5, 0.6) is 0 Å². The number of carbonyl (C=O) groups excluding carboxylic acids is 1. The Morgan fingerprint density at radius 3 is 2.95 bits per heavy atom. The zero-order valence-electron chi connectivity index (χ0n) is 11.8. The van der Waals surface area contributed by atoms with Crippen LogP contribution in [0.2, 0.25) is 0 Å². The van der Waals surface area contributed by atoms with Crippen molar-refractivity contribution in [3.63, 3.8) is 0 Å². The lowest BCUT2D eigenvalue weighted by molar-refractivity contribution is 0.102. The molecule has 0 aliphatic carbocycles. The third-order valence-corrected chi connectivity index (χ3v) is 4.40. The van der Waals surface area contributed by atoms with Gasteiger partial charge in [0.15, 0.2) is 10.8 Å². The van der Waals surface area contributed by atoms with Gasteiger partial charge in [-0.15, -0.1) is 0 Å². The van der Waals surface area contributed by atoms with E-state index in [1.807, 2.05) is 49.4 Å². The van der Waals surface area contributed by atoms with Crippen LogP contribution in [0.1, 0.15) is 16.1 Å². The predicted molar refractivity (Wildman–Crippen MR) is 88.4 cm³/mol. The summed E-state index contributed by atoms with van der Waals surface area (Å²) >= 11 is 1.45. The number of benzene rings is 2. The molecule has 0 bridgehead atoms. The van der Waals surface area contributed by atoms with Gasteiger partial charge in [-0.3, -0.25) is 15.2 Å². The first-order valence-electron chi connectivity index (χ1n) is 6.82. The molecule has 0 fully saturated rings. The molecule has 0 aliphatic rings. The number of thiazole rings is 1. The van der Waals surface area contributed by atoms with E-state index in [0.29, 0.717) is 10.8 Å². The van der Waals surface area contributed by atoms with Crippen molar-refractivity contribution in [2.24, 2.45) is 0 Å². The fourth-order valence-electron chi connectivity index (χ4n) is 2.38. The molecule has 2 aromatic carbocycles. The van der Waals surface area contributed by atoms with Crippen LogP contribution in [0.3, 0.4) is 0 Å². The van der Waals surface area contributed by atoms with Gasteiger partial charge in [0.1, 0.15) is 0 Å². The number of aromatic nitrogens is 3. The highest BCUT2D eigenvalue weighted by atomic mass is 32.1. The van der Waals surface area contributed by atoms with Crippen LogP contribution >= 0.6 is 11.3 Å². The number of H-pyrrole nitrogens is 1. The van der Waals surface area contributed by atoms with Crippen LogP contribution in [0.15, 0.2) is 42.5 Å². The smallest absolute Gasteiger partial charge is 0.278 e. The maximum Gasteiger partial charge on any atom is 0.278 e. The second kappa shape index (κ2) is 4.92. The molecule has 0 radical (unpaired) electrons.